The van der Waals surface area contributed by atoms with Crippen LogP contribution in [0.1, 0.15) is 19.3 Å². The Bertz CT molecular complexity index is 1040. The summed E-state index contributed by atoms with van der Waals surface area (Å²) in [5.74, 6) is 0. The minimum absolute atomic E-state index is 0.972. The van der Waals surface area contributed by atoms with E-state index in [0.717, 1.165) is 28.7 Å². The van der Waals surface area contributed by atoms with Crippen LogP contribution >= 0.6 is 0 Å². The van der Waals surface area contributed by atoms with E-state index in [1.54, 1.807) is 4.90 Å². The van der Waals surface area contributed by atoms with Gasteiger partial charge in [-0.05, 0) is 37.5 Å². The molecular weight excluding hydrogens is 308 g/mol. The van der Waals surface area contributed by atoms with Crippen molar-refractivity contribution in [2.24, 2.45) is 0 Å². The lowest BCUT2D eigenvalue weighted by Crippen LogP contribution is -3.13. The molecule has 25 heavy (non-hydrogen) atoms. The molecule has 4 heteroatoms. The normalized spacial score (nSPS) is 16.2. The SMILES string of the molecule is c1ccc2nc3c(nc2c1)c1ccccc1n3CC[NH+]1CCCCC1. The number of nitrogens with zero attached hydrogens (tertiary/aromatic N) is 3. The van der Waals surface area contributed by atoms with Gasteiger partial charge in [-0.15, -0.1) is 0 Å². The van der Waals surface area contributed by atoms with Crippen molar-refractivity contribution in [1.29, 1.82) is 0 Å². The third-order valence-electron chi connectivity index (χ3n) is 5.51. The van der Waals surface area contributed by atoms with Crippen LogP contribution < -0.4 is 4.90 Å². The Morgan fingerprint density at radius 3 is 2.40 bits per heavy atom. The third kappa shape index (κ3) is 2.57. The first-order valence-electron chi connectivity index (χ1n) is 9.37. The molecule has 0 atom stereocenters. The van der Waals surface area contributed by atoms with Crippen molar-refractivity contribution in [3.8, 4) is 0 Å². The number of aromatic nitrogens is 3. The summed E-state index contributed by atoms with van der Waals surface area (Å²) in [5, 5.41) is 1.21. The highest BCUT2D eigenvalue weighted by atomic mass is 15.2. The smallest absolute Gasteiger partial charge is 0.160 e. The number of hydrogen-bond donors (Lipinski definition) is 1. The van der Waals surface area contributed by atoms with Gasteiger partial charge in [0.05, 0.1) is 42.7 Å². The summed E-state index contributed by atoms with van der Waals surface area (Å²) in [4.78, 5) is 11.6. The van der Waals surface area contributed by atoms with Crippen LogP contribution in [0.15, 0.2) is 48.5 Å². The first kappa shape index (κ1) is 14.8. The van der Waals surface area contributed by atoms with E-state index in [9.17, 15) is 0 Å². The Morgan fingerprint density at radius 1 is 0.840 bits per heavy atom. The first-order valence-corrected chi connectivity index (χ1v) is 9.37. The summed E-state index contributed by atoms with van der Waals surface area (Å²) in [6.45, 7) is 4.80. The lowest BCUT2D eigenvalue weighted by Gasteiger charge is -2.23. The van der Waals surface area contributed by atoms with Gasteiger partial charge in [0.25, 0.3) is 0 Å². The lowest BCUT2D eigenvalue weighted by atomic mass is 10.1. The van der Waals surface area contributed by atoms with Gasteiger partial charge in [0.15, 0.2) is 5.65 Å². The van der Waals surface area contributed by atoms with Gasteiger partial charge in [0, 0.05) is 5.39 Å². The number of piperidine rings is 1. The maximum atomic E-state index is 4.97. The van der Waals surface area contributed by atoms with E-state index in [4.69, 9.17) is 9.97 Å². The van der Waals surface area contributed by atoms with Crippen LogP contribution in [-0.2, 0) is 6.54 Å². The average molecular weight is 331 g/mol. The molecule has 0 bridgehead atoms. The molecule has 0 amide bonds. The van der Waals surface area contributed by atoms with Crippen molar-refractivity contribution >= 4 is 33.1 Å². The van der Waals surface area contributed by atoms with Gasteiger partial charge in [-0.25, -0.2) is 9.97 Å². The van der Waals surface area contributed by atoms with Crippen LogP contribution in [0.4, 0.5) is 0 Å². The summed E-state index contributed by atoms with van der Waals surface area (Å²) in [5.41, 5.74) is 5.26. The van der Waals surface area contributed by atoms with Crippen LogP contribution in [0.3, 0.4) is 0 Å². The van der Waals surface area contributed by atoms with Crippen molar-refractivity contribution < 1.29 is 4.90 Å². The standard InChI is InChI=1S/C21H22N4/c1-6-12-24(13-7-1)14-15-25-19-11-5-2-8-16(19)20-21(25)23-18-10-4-3-9-17(18)22-20/h2-5,8-11H,1,6-7,12-15H2/p+1. The van der Waals surface area contributed by atoms with E-state index in [-0.39, 0.29) is 0 Å². The fourth-order valence-electron chi connectivity index (χ4n) is 4.18. The van der Waals surface area contributed by atoms with Crippen molar-refractivity contribution in [1.82, 2.24) is 14.5 Å². The predicted octanol–water partition coefficient (Wildman–Crippen LogP) is 2.81. The number of likely N-dealkylation sites (tertiary alicyclic amines) is 1. The van der Waals surface area contributed by atoms with E-state index in [1.807, 2.05) is 18.2 Å². The Labute approximate surface area is 147 Å². The molecule has 3 heterocycles. The Kier molecular flexibility index (Phi) is 3.63. The zero-order valence-electron chi connectivity index (χ0n) is 14.4. The van der Waals surface area contributed by atoms with Crippen molar-refractivity contribution in [3.63, 3.8) is 0 Å². The minimum atomic E-state index is 0.972. The predicted molar refractivity (Wildman–Crippen MR) is 102 cm³/mol. The summed E-state index contributed by atoms with van der Waals surface area (Å²) < 4.78 is 2.38. The molecule has 4 aromatic rings. The Balaban J connectivity index is 1.64. The van der Waals surface area contributed by atoms with E-state index in [2.05, 4.69) is 34.9 Å². The van der Waals surface area contributed by atoms with Gasteiger partial charge in [-0.2, -0.15) is 0 Å². The molecule has 0 saturated carbocycles. The first-order chi connectivity index (χ1) is 12.4. The fraction of sp³-hybridized carbons (Fsp3) is 0.333. The Hall–Kier alpha value is -2.46. The summed E-state index contributed by atoms with van der Waals surface area (Å²) in [6, 6.07) is 16.8. The molecule has 4 nitrogen and oxygen atoms in total. The average Bonchev–Trinajstić information content (AvgIpc) is 2.98. The van der Waals surface area contributed by atoms with Gasteiger partial charge >= 0.3 is 0 Å². The number of rotatable bonds is 3. The van der Waals surface area contributed by atoms with Gasteiger partial charge in [0.1, 0.15) is 5.52 Å². The third-order valence-corrected chi connectivity index (χ3v) is 5.51. The number of nitrogens with one attached hydrogen (secondary N) is 1. The highest BCUT2D eigenvalue weighted by molar-refractivity contribution is 6.06. The number of para-hydroxylation sites is 3. The van der Waals surface area contributed by atoms with Gasteiger partial charge in [-0.1, -0.05) is 30.3 Å². The van der Waals surface area contributed by atoms with Crippen LogP contribution in [0.25, 0.3) is 33.1 Å². The molecule has 1 N–H and O–H groups in total. The van der Waals surface area contributed by atoms with Crippen LogP contribution in [0.2, 0.25) is 0 Å². The fourth-order valence-corrected chi connectivity index (χ4v) is 4.18. The molecule has 0 radical (unpaired) electrons. The molecule has 0 spiro atoms. The number of quaternary nitrogens is 1. The van der Waals surface area contributed by atoms with E-state index < -0.39 is 0 Å². The monoisotopic (exact) mass is 331 g/mol. The van der Waals surface area contributed by atoms with Gasteiger partial charge in [0.2, 0.25) is 0 Å². The van der Waals surface area contributed by atoms with E-state index in [1.165, 1.54) is 49.8 Å². The highest BCUT2D eigenvalue weighted by Crippen LogP contribution is 2.27. The second-order valence-corrected chi connectivity index (χ2v) is 7.11. The van der Waals surface area contributed by atoms with Crippen molar-refractivity contribution in [3.05, 3.63) is 48.5 Å². The zero-order chi connectivity index (χ0) is 16.6. The minimum Gasteiger partial charge on any atom is -0.333 e. The maximum Gasteiger partial charge on any atom is 0.160 e. The van der Waals surface area contributed by atoms with Gasteiger partial charge < -0.3 is 9.47 Å². The van der Waals surface area contributed by atoms with Crippen molar-refractivity contribution in [2.45, 2.75) is 25.8 Å². The molecule has 2 aromatic carbocycles. The number of fused-ring (bicyclic) bond motifs is 4. The summed E-state index contributed by atoms with van der Waals surface area (Å²) in [6.07, 6.45) is 4.14. The summed E-state index contributed by atoms with van der Waals surface area (Å²) in [7, 11) is 0. The van der Waals surface area contributed by atoms with Crippen LogP contribution in [0, 0.1) is 0 Å². The highest BCUT2D eigenvalue weighted by Gasteiger charge is 2.17. The number of hydrogen-bond acceptors (Lipinski definition) is 2. The molecular formula is C21H23N4+. The zero-order valence-corrected chi connectivity index (χ0v) is 14.4. The molecule has 1 aliphatic heterocycles. The molecule has 2 aromatic heterocycles. The molecule has 1 aliphatic rings. The van der Waals surface area contributed by atoms with Crippen molar-refractivity contribution in [2.75, 3.05) is 19.6 Å². The molecule has 0 unspecified atom stereocenters. The molecule has 1 saturated heterocycles. The lowest BCUT2D eigenvalue weighted by molar-refractivity contribution is -0.905. The quantitative estimate of drug-likeness (QED) is 0.626. The topological polar surface area (TPSA) is 35.1 Å². The molecule has 0 aliphatic carbocycles. The molecule has 5 rings (SSSR count). The van der Waals surface area contributed by atoms with E-state index in [0.29, 0.717) is 0 Å². The molecule has 1 fully saturated rings. The Morgan fingerprint density at radius 2 is 1.56 bits per heavy atom. The summed E-state index contributed by atoms with van der Waals surface area (Å²) >= 11 is 0. The van der Waals surface area contributed by atoms with Gasteiger partial charge in [-0.3, -0.25) is 0 Å². The maximum absolute atomic E-state index is 4.97. The van der Waals surface area contributed by atoms with E-state index >= 15 is 0 Å². The number of benzene rings is 2. The largest absolute Gasteiger partial charge is 0.333 e. The van der Waals surface area contributed by atoms with Crippen LogP contribution in [-0.4, -0.2) is 34.2 Å². The molecule has 126 valence electrons. The second-order valence-electron chi connectivity index (χ2n) is 7.11. The second kappa shape index (κ2) is 6.12. The van der Waals surface area contributed by atoms with Crippen LogP contribution in [0.5, 0.6) is 0 Å².